The minimum atomic E-state index is 0. The number of halogens is 2. The molecule has 6 heteroatoms. The highest BCUT2D eigenvalue weighted by molar-refractivity contribution is 5.85. The zero-order chi connectivity index (χ0) is 10.8. The van der Waals surface area contributed by atoms with Gasteiger partial charge in [0.15, 0.2) is 11.5 Å². The monoisotopic (exact) mass is 292 g/mol. The van der Waals surface area contributed by atoms with Crippen LogP contribution in [-0.2, 0) is 0 Å². The number of benzene rings is 1. The average Bonchev–Trinajstić information content (AvgIpc) is 2.39. The van der Waals surface area contributed by atoms with E-state index in [2.05, 4.69) is 16.3 Å². The second-order valence-electron chi connectivity index (χ2n) is 4.04. The Hall–Kier alpha value is -0.840. The van der Waals surface area contributed by atoms with Crippen LogP contribution in [0.1, 0.15) is 0 Å². The molecule has 1 fully saturated rings. The van der Waals surface area contributed by atoms with Gasteiger partial charge in [-0.05, 0) is 12.1 Å². The van der Waals surface area contributed by atoms with Crippen molar-refractivity contribution < 1.29 is 9.47 Å². The zero-order valence-corrected chi connectivity index (χ0v) is 11.7. The summed E-state index contributed by atoms with van der Waals surface area (Å²) in [6.45, 7) is 5.42. The van der Waals surface area contributed by atoms with Gasteiger partial charge in [-0.1, -0.05) is 6.07 Å². The van der Waals surface area contributed by atoms with Crippen LogP contribution in [0.25, 0.3) is 0 Å². The summed E-state index contributed by atoms with van der Waals surface area (Å²) < 4.78 is 11.3. The van der Waals surface area contributed by atoms with Gasteiger partial charge < -0.3 is 19.7 Å². The van der Waals surface area contributed by atoms with Gasteiger partial charge in [-0.2, -0.15) is 0 Å². The molecular weight excluding hydrogens is 275 g/mol. The van der Waals surface area contributed by atoms with Gasteiger partial charge in [0.25, 0.3) is 0 Å². The van der Waals surface area contributed by atoms with Crippen molar-refractivity contribution >= 4 is 30.5 Å². The van der Waals surface area contributed by atoms with Crippen molar-refractivity contribution in [2.24, 2.45) is 0 Å². The predicted octanol–water partition coefficient (Wildman–Crippen LogP) is 1.71. The van der Waals surface area contributed by atoms with Crippen LogP contribution < -0.4 is 19.7 Å². The third-order valence-electron chi connectivity index (χ3n) is 3.00. The molecule has 2 heterocycles. The Morgan fingerprint density at radius 2 is 1.72 bits per heavy atom. The molecular formula is C12H18Cl2N2O2. The Morgan fingerprint density at radius 1 is 1.00 bits per heavy atom. The number of rotatable bonds is 1. The summed E-state index contributed by atoms with van der Waals surface area (Å²) in [7, 11) is 0. The number of nitrogens with zero attached hydrogens (tertiary/aromatic N) is 1. The molecule has 0 radical (unpaired) electrons. The summed E-state index contributed by atoms with van der Waals surface area (Å²) in [5.41, 5.74) is 1.17. The number of ether oxygens (including phenoxy) is 2. The molecule has 0 aromatic heterocycles. The third-order valence-corrected chi connectivity index (χ3v) is 3.00. The van der Waals surface area contributed by atoms with Gasteiger partial charge in [0.1, 0.15) is 13.2 Å². The molecule has 1 N–H and O–H groups in total. The Morgan fingerprint density at radius 3 is 2.50 bits per heavy atom. The second-order valence-corrected chi connectivity index (χ2v) is 4.04. The largest absolute Gasteiger partial charge is 0.486 e. The summed E-state index contributed by atoms with van der Waals surface area (Å²) >= 11 is 0. The Bertz CT molecular complexity index is 384. The van der Waals surface area contributed by atoms with Gasteiger partial charge in [0.05, 0.1) is 5.69 Å². The molecule has 0 spiro atoms. The molecule has 0 amide bonds. The summed E-state index contributed by atoms with van der Waals surface area (Å²) in [4.78, 5) is 2.35. The number of hydrogen-bond donors (Lipinski definition) is 1. The van der Waals surface area contributed by atoms with E-state index in [-0.39, 0.29) is 24.8 Å². The van der Waals surface area contributed by atoms with E-state index in [9.17, 15) is 0 Å². The fourth-order valence-corrected chi connectivity index (χ4v) is 2.21. The van der Waals surface area contributed by atoms with Crippen LogP contribution in [0.15, 0.2) is 18.2 Å². The molecule has 0 aliphatic carbocycles. The maximum atomic E-state index is 5.72. The van der Waals surface area contributed by atoms with Crippen molar-refractivity contribution in [2.75, 3.05) is 44.3 Å². The highest BCUT2D eigenvalue weighted by Crippen LogP contribution is 2.39. The van der Waals surface area contributed by atoms with Gasteiger partial charge >= 0.3 is 0 Å². The summed E-state index contributed by atoms with van der Waals surface area (Å²) in [5.74, 6) is 1.79. The Balaban J connectivity index is 0.000000810. The molecule has 3 rings (SSSR count). The number of para-hydroxylation sites is 1. The van der Waals surface area contributed by atoms with Crippen LogP contribution in [0.3, 0.4) is 0 Å². The molecule has 2 aliphatic rings. The van der Waals surface area contributed by atoms with Gasteiger partial charge in [0.2, 0.25) is 0 Å². The highest BCUT2D eigenvalue weighted by Gasteiger charge is 2.20. The first-order valence-electron chi connectivity index (χ1n) is 5.79. The van der Waals surface area contributed by atoms with Crippen LogP contribution in [0.4, 0.5) is 5.69 Å². The molecule has 0 atom stereocenters. The quantitative estimate of drug-likeness (QED) is 0.855. The van der Waals surface area contributed by atoms with E-state index in [0.29, 0.717) is 13.2 Å². The summed E-state index contributed by atoms with van der Waals surface area (Å²) in [5, 5.41) is 3.35. The lowest BCUT2D eigenvalue weighted by Crippen LogP contribution is -2.43. The molecule has 2 aliphatic heterocycles. The van der Waals surface area contributed by atoms with Gasteiger partial charge in [0, 0.05) is 26.2 Å². The highest BCUT2D eigenvalue weighted by atomic mass is 35.5. The molecule has 0 bridgehead atoms. The van der Waals surface area contributed by atoms with Crippen LogP contribution in [0.5, 0.6) is 11.5 Å². The van der Waals surface area contributed by atoms with E-state index < -0.39 is 0 Å². The van der Waals surface area contributed by atoms with E-state index in [1.807, 2.05) is 12.1 Å². The minimum Gasteiger partial charge on any atom is -0.486 e. The first kappa shape index (κ1) is 15.2. The lowest BCUT2D eigenvalue weighted by Gasteiger charge is -2.32. The lowest BCUT2D eigenvalue weighted by atomic mass is 10.2. The Kier molecular flexibility index (Phi) is 5.85. The van der Waals surface area contributed by atoms with Crippen LogP contribution in [0, 0.1) is 0 Å². The Labute approximate surface area is 119 Å². The van der Waals surface area contributed by atoms with Crippen molar-refractivity contribution in [1.29, 1.82) is 0 Å². The van der Waals surface area contributed by atoms with E-state index in [0.717, 1.165) is 37.7 Å². The van der Waals surface area contributed by atoms with Crippen molar-refractivity contribution in [3.05, 3.63) is 18.2 Å². The molecule has 18 heavy (non-hydrogen) atoms. The standard InChI is InChI=1S/C12H16N2O2.2ClH/c1-2-10(14-6-4-13-5-7-14)12-11(3-1)15-8-9-16-12;;/h1-3,13H,4-9H2;2*1H. The van der Waals surface area contributed by atoms with Crippen molar-refractivity contribution in [1.82, 2.24) is 5.32 Å². The lowest BCUT2D eigenvalue weighted by molar-refractivity contribution is 0.172. The molecule has 0 saturated carbocycles. The topological polar surface area (TPSA) is 33.7 Å². The number of piperazine rings is 1. The number of anilines is 1. The van der Waals surface area contributed by atoms with Crippen LogP contribution in [0.2, 0.25) is 0 Å². The van der Waals surface area contributed by atoms with E-state index in [4.69, 9.17) is 9.47 Å². The average molecular weight is 293 g/mol. The van der Waals surface area contributed by atoms with Gasteiger partial charge in [-0.25, -0.2) is 0 Å². The smallest absolute Gasteiger partial charge is 0.184 e. The third kappa shape index (κ3) is 2.94. The summed E-state index contributed by atoms with van der Waals surface area (Å²) in [6.07, 6.45) is 0. The fraction of sp³-hybridized carbons (Fsp3) is 0.500. The van der Waals surface area contributed by atoms with Crippen LogP contribution >= 0.6 is 24.8 Å². The molecule has 1 saturated heterocycles. The van der Waals surface area contributed by atoms with E-state index in [1.165, 1.54) is 5.69 Å². The normalized spacial score (nSPS) is 17.4. The van der Waals surface area contributed by atoms with Crippen molar-refractivity contribution in [3.63, 3.8) is 0 Å². The fourth-order valence-electron chi connectivity index (χ4n) is 2.21. The summed E-state index contributed by atoms with van der Waals surface area (Å²) in [6, 6.07) is 6.11. The van der Waals surface area contributed by atoms with Gasteiger partial charge in [-0.3, -0.25) is 0 Å². The molecule has 0 unspecified atom stereocenters. The maximum Gasteiger partial charge on any atom is 0.184 e. The minimum absolute atomic E-state index is 0. The van der Waals surface area contributed by atoms with Crippen LogP contribution in [-0.4, -0.2) is 39.4 Å². The molecule has 4 nitrogen and oxygen atoms in total. The van der Waals surface area contributed by atoms with Crippen molar-refractivity contribution in [2.45, 2.75) is 0 Å². The van der Waals surface area contributed by atoms with Crippen molar-refractivity contribution in [3.8, 4) is 11.5 Å². The maximum absolute atomic E-state index is 5.72. The molecule has 1 aromatic carbocycles. The van der Waals surface area contributed by atoms with E-state index in [1.54, 1.807) is 0 Å². The zero-order valence-electron chi connectivity index (χ0n) is 10.1. The first-order valence-corrected chi connectivity index (χ1v) is 5.79. The predicted molar refractivity (Wildman–Crippen MR) is 77.0 cm³/mol. The first-order chi connectivity index (χ1) is 7.95. The second kappa shape index (κ2) is 6.92. The van der Waals surface area contributed by atoms with Gasteiger partial charge in [-0.15, -0.1) is 24.8 Å². The number of nitrogens with one attached hydrogen (secondary N) is 1. The number of fused-ring (bicyclic) bond motifs is 1. The van der Waals surface area contributed by atoms with E-state index >= 15 is 0 Å². The molecule has 102 valence electrons. The number of hydrogen-bond acceptors (Lipinski definition) is 4. The molecule has 1 aromatic rings. The SMILES string of the molecule is Cl.Cl.c1cc2c(c(N3CCNCC3)c1)OCCO2.